The number of aliphatic carboxylic acids is 1. The van der Waals surface area contributed by atoms with Gasteiger partial charge in [-0.25, -0.2) is 13.6 Å². The van der Waals surface area contributed by atoms with Crippen molar-refractivity contribution in [2.75, 3.05) is 13.1 Å². The fourth-order valence-electron chi connectivity index (χ4n) is 2.67. The smallest absolute Gasteiger partial charge is 0.343 e. The minimum Gasteiger partial charge on any atom is -0.479 e. The van der Waals surface area contributed by atoms with Gasteiger partial charge in [-0.2, -0.15) is 0 Å². The summed E-state index contributed by atoms with van der Waals surface area (Å²) < 4.78 is 27.1. The molecule has 0 radical (unpaired) electrons. The standard InChI is InChI=1S/C17H20F2N2O4/c1-10(2)13(20-14(22)11-3-5-12(18)6-4-11)15(23)21-8-7-17(19,9-21)16(24)25/h3-6,10,13H,7-9H2,1-2H3,(H,20,22)(H,24,25). The van der Waals surface area contributed by atoms with Crippen LogP contribution in [0.15, 0.2) is 24.3 Å². The van der Waals surface area contributed by atoms with Gasteiger partial charge in [-0.1, -0.05) is 13.8 Å². The first-order chi connectivity index (χ1) is 11.6. The Morgan fingerprint density at radius 2 is 1.84 bits per heavy atom. The summed E-state index contributed by atoms with van der Waals surface area (Å²) in [6, 6.07) is 3.91. The molecule has 1 saturated heterocycles. The second kappa shape index (κ2) is 7.16. The molecule has 1 aliphatic heterocycles. The van der Waals surface area contributed by atoms with Gasteiger partial charge >= 0.3 is 5.97 Å². The van der Waals surface area contributed by atoms with E-state index in [2.05, 4.69) is 5.32 Å². The summed E-state index contributed by atoms with van der Waals surface area (Å²) >= 11 is 0. The number of benzene rings is 1. The summed E-state index contributed by atoms with van der Waals surface area (Å²) in [6.07, 6.45) is -0.287. The molecule has 2 amide bonds. The maximum absolute atomic E-state index is 14.2. The highest BCUT2D eigenvalue weighted by atomic mass is 19.1. The van der Waals surface area contributed by atoms with Crippen LogP contribution in [0.2, 0.25) is 0 Å². The van der Waals surface area contributed by atoms with Gasteiger partial charge in [-0.15, -0.1) is 0 Å². The van der Waals surface area contributed by atoms with Crippen LogP contribution in [0.4, 0.5) is 8.78 Å². The number of amides is 2. The number of rotatable bonds is 5. The lowest BCUT2D eigenvalue weighted by atomic mass is 10.0. The maximum atomic E-state index is 14.2. The van der Waals surface area contributed by atoms with Gasteiger partial charge in [0.1, 0.15) is 11.9 Å². The lowest BCUT2D eigenvalue weighted by Crippen LogP contribution is -2.51. The molecule has 0 aromatic heterocycles. The maximum Gasteiger partial charge on any atom is 0.343 e. The number of carbonyl (C=O) groups is 3. The number of hydrogen-bond donors (Lipinski definition) is 2. The Morgan fingerprint density at radius 3 is 2.32 bits per heavy atom. The van der Waals surface area contributed by atoms with Gasteiger partial charge < -0.3 is 15.3 Å². The Balaban J connectivity index is 2.10. The Labute approximate surface area is 143 Å². The number of nitrogens with one attached hydrogen (secondary N) is 1. The Hall–Kier alpha value is -2.51. The first-order valence-corrected chi connectivity index (χ1v) is 7.91. The van der Waals surface area contributed by atoms with Crippen LogP contribution in [0, 0.1) is 11.7 Å². The molecule has 2 unspecified atom stereocenters. The number of hydrogen-bond acceptors (Lipinski definition) is 3. The SMILES string of the molecule is CC(C)C(NC(=O)c1ccc(F)cc1)C(=O)N1CCC(F)(C(=O)O)C1. The molecule has 0 saturated carbocycles. The third kappa shape index (κ3) is 4.12. The minimum absolute atomic E-state index is 0.0305. The van der Waals surface area contributed by atoms with Gasteiger partial charge in [0, 0.05) is 18.5 Å². The van der Waals surface area contributed by atoms with Crippen molar-refractivity contribution in [1.29, 1.82) is 0 Å². The first-order valence-electron chi connectivity index (χ1n) is 7.91. The second-order valence-corrected chi connectivity index (χ2v) is 6.48. The van der Waals surface area contributed by atoms with E-state index in [1.165, 1.54) is 12.1 Å². The summed E-state index contributed by atoms with van der Waals surface area (Å²) in [5, 5.41) is 11.5. The molecular formula is C17H20F2N2O4. The topological polar surface area (TPSA) is 86.7 Å². The average molecular weight is 354 g/mol. The molecule has 8 heteroatoms. The highest BCUT2D eigenvalue weighted by molar-refractivity contribution is 5.97. The van der Waals surface area contributed by atoms with Crippen molar-refractivity contribution in [3.8, 4) is 0 Å². The molecule has 2 N–H and O–H groups in total. The highest BCUT2D eigenvalue weighted by Gasteiger charge is 2.48. The monoisotopic (exact) mass is 354 g/mol. The van der Waals surface area contributed by atoms with Gasteiger partial charge in [-0.3, -0.25) is 9.59 Å². The molecule has 0 bridgehead atoms. The molecule has 0 aliphatic carbocycles. The molecule has 0 spiro atoms. The molecule has 2 rings (SSSR count). The molecule has 25 heavy (non-hydrogen) atoms. The summed E-state index contributed by atoms with van der Waals surface area (Å²) in [5.41, 5.74) is -2.27. The Bertz CT molecular complexity index is 678. The normalized spacial score (nSPS) is 21.2. The minimum atomic E-state index is -2.46. The van der Waals surface area contributed by atoms with Crippen molar-refractivity contribution < 1.29 is 28.3 Å². The van der Waals surface area contributed by atoms with Crippen molar-refractivity contribution in [3.05, 3.63) is 35.6 Å². The van der Waals surface area contributed by atoms with Crippen molar-refractivity contribution in [1.82, 2.24) is 10.2 Å². The van der Waals surface area contributed by atoms with E-state index in [-0.39, 0.29) is 24.4 Å². The quantitative estimate of drug-likeness (QED) is 0.841. The van der Waals surface area contributed by atoms with E-state index in [4.69, 9.17) is 5.11 Å². The van der Waals surface area contributed by atoms with Crippen LogP contribution in [-0.2, 0) is 9.59 Å². The lowest BCUT2D eigenvalue weighted by Gasteiger charge is -2.27. The van der Waals surface area contributed by atoms with Gasteiger partial charge in [0.15, 0.2) is 0 Å². The molecule has 1 aromatic carbocycles. The van der Waals surface area contributed by atoms with Crippen molar-refractivity contribution in [2.45, 2.75) is 32.0 Å². The number of carboxylic acid groups (broad SMARTS) is 1. The summed E-state index contributed by atoms with van der Waals surface area (Å²) in [6.45, 7) is 2.85. The van der Waals surface area contributed by atoms with E-state index in [1.807, 2.05) is 0 Å². The van der Waals surface area contributed by atoms with Crippen LogP contribution < -0.4 is 5.32 Å². The average Bonchev–Trinajstić information content (AvgIpc) is 2.96. The molecule has 1 heterocycles. The zero-order chi connectivity index (χ0) is 18.8. The Kier molecular flexibility index (Phi) is 5.39. The van der Waals surface area contributed by atoms with Gasteiger partial charge in [0.2, 0.25) is 11.6 Å². The summed E-state index contributed by atoms with van der Waals surface area (Å²) in [5.74, 6) is -3.48. The third-order valence-corrected chi connectivity index (χ3v) is 4.24. The summed E-state index contributed by atoms with van der Waals surface area (Å²) in [4.78, 5) is 37.0. The molecular weight excluding hydrogens is 334 g/mol. The number of nitrogens with zero attached hydrogens (tertiary/aromatic N) is 1. The largest absolute Gasteiger partial charge is 0.479 e. The third-order valence-electron chi connectivity index (χ3n) is 4.24. The van der Waals surface area contributed by atoms with Crippen LogP contribution >= 0.6 is 0 Å². The molecule has 136 valence electrons. The molecule has 1 fully saturated rings. The van der Waals surface area contributed by atoms with E-state index in [1.54, 1.807) is 13.8 Å². The predicted octanol–water partition coefficient (Wildman–Crippen LogP) is 1.61. The van der Waals surface area contributed by atoms with Crippen LogP contribution in [0.25, 0.3) is 0 Å². The van der Waals surface area contributed by atoms with Gasteiger partial charge in [0.05, 0.1) is 6.54 Å². The van der Waals surface area contributed by atoms with E-state index in [9.17, 15) is 23.2 Å². The van der Waals surface area contributed by atoms with E-state index < -0.39 is 41.9 Å². The number of halogens is 2. The number of alkyl halides is 1. The first kappa shape index (κ1) is 18.8. The molecule has 1 aromatic rings. The van der Waals surface area contributed by atoms with E-state index in [0.717, 1.165) is 17.0 Å². The zero-order valence-corrected chi connectivity index (χ0v) is 14.0. The number of carbonyl (C=O) groups excluding carboxylic acids is 2. The van der Waals surface area contributed by atoms with Crippen LogP contribution in [0.3, 0.4) is 0 Å². The van der Waals surface area contributed by atoms with Gasteiger partial charge in [-0.05, 0) is 30.2 Å². The van der Waals surface area contributed by atoms with Crippen molar-refractivity contribution in [2.24, 2.45) is 5.92 Å². The van der Waals surface area contributed by atoms with Crippen LogP contribution in [0.1, 0.15) is 30.6 Å². The van der Waals surface area contributed by atoms with Crippen molar-refractivity contribution in [3.63, 3.8) is 0 Å². The van der Waals surface area contributed by atoms with E-state index >= 15 is 0 Å². The number of likely N-dealkylation sites (tertiary alicyclic amines) is 1. The predicted molar refractivity (Wildman–Crippen MR) is 85.2 cm³/mol. The molecule has 1 aliphatic rings. The Morgan fingerprint density at radius 1 is 1.24 bits per heavy atom. The fraction of sp³-hybridized carbons (Fsp3) is 0.471. The highest BCUT2D eigenvalue weighted by Crippen LogP contribution is 2.27. The van der Waals surface area contributed by atoms with E-state index in [0.29, 0.717) is 0 Å². The molecule has 6 nitrogen and oxygen atoms in total. The zero-order valence-electron chi connectivity index (χ0n) is 14.0. The van der Waals surface area contributed by atoms with Gasteiger partial charge in [0.25, 0.3) is 5.91 Å². The van der Waals surface area contributed by atoms with Crippen LogP contribution in [-0.4, -0.2) is 52.6 Å². The number of carboxylic acids is 1. The van der Waals surface area contributed by atoms with Crippen LogP contribution in [0.5, 0.6) is 0 Å². The fourth-order valence-corrected chi connectivity index (χ4v) is 2.67. The second-order valence-electron chi connectivity index (χ2n) is 6.48. The summed E-state index contributed by atoms with van der Waals surface area (Å²) in [7, 11) is 0. The lowest BCUT2D eigenvalue weighted by molar-refractivity contribution is -0.150. The molecule has 2 atom stereocenters. The van der Waals surface area contributed by atoms with Crippen molar-refractivity contribution >= 4 is 17.8 Å².